The van der Waals surface area contributed by atoms with Crippen LogP contribution in [0.4, 0.5) is 0 Å². The number of carbonyl (C=O) groups is 1. The van der Waals surface area contributed by atoms with Gasteiger partial charge in [-0.1, -0.05) is 57.9 Å². The van der Waals surface area contributed by atoms with E-state index in [9.17, 15) is 4.79 Å². The maximum atomic E-state index is 10.6. The predicted octanol–water partition coefficient (Wildman–Crippen LogP) is 4.63. The smallest absolute Gasteiger partial charge is 0.303 e. The number of benzene rings is 1. The average Bonchev–Trinajstić information content (AvgIpc) is 2.53. The molecule has 0 saturated carbocycles. The highest BCUT2D eigenvalue weighted by Crippen LogP contribution is 2.31. The fourth-order valence-electron chi connectivity index (χ4n) is 3.23. The van der Waals surface area contributed by atoms with Crippen LogP contribution in [-0.2, 0) is 17.6 Å². The monoisotopic (exact) mass is 332 g/mol. The summed E-state index contributed by atoms with van der Waals surface area (Å²) in [5.74, 6) is 2.12. The lowest BCUT2D eigenvalue weighted by molar-refractivity contribution is -0.137. The fraction of sp³-hybridized carbons (Fsp3) is 0.619. The molecular weight excluding hydrogens is 298 g/mol. The number of carboxylic acid groups (broad SMARTS) is 1. The summed E-state index contributed by atoms with van der Waals surface area (Å²) in [5.41, 5.74) is 8.18. The second kappa shape index (κ2) is 11.2. The highest BCUT2D eigenvalue weighted by Gasteiger charge is 2.21. The summed E-state index contributed by atoms with van der Waals surface area (Å²) in [7, 11) is 0. The zero-order valence-corrected chi connectivity index (χ0v) is 15.6. The molecule has 0 aliphatic carbocycles. The van der Waals surface area contributed by atoms with Crippen LogP contribution in [0, 0.1) is 17.8 Å². The van der Waals surface area contributed by atoms with E-state index in [1.54, 1.807) is 5.92 Å². The minimum atomic E-state index is -0.716. The zero-order chi connectivity index (χ0) is 17.9. The molecule has 0 fully saturated rings. The molecule has 0 amide bonds. The molecular formula is C21H34NO2. The Hall–Kier alpha value is -1.35. The van der Waals surface area contributed by atoms with E-state index in [2.05, 4.69) is 45.0 Å². The van der Waals surface area contributed by atoms with Gasteiger partial charge in [-0.25, -0.2) is 0 Å². The highest BCUT2D eigenvalue weighted by atomic mass is 16.4. The van der Waals surface area contributed by atoms with Gasteiger partial charge in [0.05, 0.1) is 0 Å². The van der Waals surface area contributed by atoms with Gasteiger partial charge in [-0.15, -0.1) is 0 Å². The predicted molar refractivity (Wildman–Crippen MR) is 101 cm³/mol. The molecule has 135 valence electrons. The molecule has 0 spiro atoms. The van der Waals surface area contributed by atoms with Crippen LogP contribution < -0.4 is 5.73 Å². The van der Waals surface area contributed by atoms with Crippen LogP contribution >= 0.6 is 0 Å². The van der Waals surface area contributed by atoms with Gasteiger partial charge in [0.1, 0.15) is 0 Å². The van der Waals surface area contributed by atoms with Crippen molar-refractivity contribution in [3.8, 4) is 0 Å². The number of unbranched alkanes of at least 4 members (excludes halogenated alkanes) is 1. The van der Waals surface area contributed by atoms with Crippen molar-refractivity contribution in [3.63, 3.8) is 0 Å². The van der Waals surface area contributed by atoms with Gasteiger partial charge >= 0.3 is 5.97 Å². The van der Waals surface area contributed by atoms with E-state index >= 15 is 0 Å². The lowest BCUT2D eigenvalue weighted by Gasteiger charge is -2.27. The summed E-state index contributed by atoms with van der Waals surface area (Å²) in [6.45, 7) is 7.70. The Labute approximate surface area is 147 Å². The van der Waals surface area contributed by atoms with E-state index < -0.39 is 5.97 Å². The standard InChI is InChI=1S/C21H34NO2/c1-16(2)20(17(3)7-4-5-14-22)15-19-12-10-18(11-13-19)8-6-9-21(23)24/h10-13,16-17H,4-9,14-15,22H2,1-3H3,(H,23,24). The Morgan fingerprint density at radius 2 is 1.67 bits per heavy atom. The van der Waals surface area contributed by atoms with Crippen molar-refractivity contribution in [3.05, 3.63) is 41.3 Å². The van der Waals surface area contributed by atoms with Crippen LogP contribution in [0.5, 0.6) is 0 Å². The Bertz CT molecular complexity index is 467. The SMILES string of the molecule is CC(C)[C](Cc1ccc(CCCC(=O)O)cc1)C(C)CCCCN. The molecule has 1 unspecified atom stereocenters. The fourth-order valence-corrected chi connectivity index (χ4v) is 3.23. The van der Waals surface area contributed by atoms with Crippen molar-refractivity contribution < 1.29 is 9.90 Å². The van der Waals surface area contributed by atoms with Gasteiger partial charge in [-0.05, 0) is 61.1 Å². The first-order valence-electron chi connectivity index (χ1n) is 9.29. The third kappa shape index (κ3) is 7.96. The van der Waals surface area contributed by atoms with Crippen LogP contribution in [0.1, 0.15) is 64.0 Å². The summed E-state index contributed by atoms with van der Waals surface area (Å²) in [5, 5.41) is 8.71. The molecule has 1 rings (SSSR count). The largest absolute Gasteiger partial charge is 0.481 e. The van der Waals surface area contributed by atoms with Crippen LogP contribution in [0.2, 0.25) is 0 Å². The average molecular weight is 333 g/mol. The quantitative estimate of drug-likeness (QED) is 0.548. The number of hydrogen-bond acceptors (Lipinski definition) is 2. The van der Waals surface area contributed by atoms with Crippen LogP contribution in [0.25, 0.3) is 0 Å². The van der Waals surface area contributed by atoms with Gasteiger partial charge in [0, 0.05) is 6.42 Å². The molecule has 24 heavy (non-hydrogen) atoms. The molecule has 0 bridgehead atoms. The van der Waals surface area contributed by atoms with Crippen LogP contribution in [-0.4, -0.2) is 17.6 Å². The van der Waals surface area contributed by atoms with E-state index in [0.29, 0.717) is 18.3 Å². The zero-order valence-electron chi connectivity index (χ0n) is 15.6. The first-order chi connectivity index (χ1) is 11.4. The van der Waals surface area contributed by atoms with Crippen LogP contribution in [0.3, 0.4) is 0 Å². The van der Waals surface area contributed by atoms with E-state index in [-0.39, 0.29) is 6.42 Å². The third-order valence-corrected chi connectivity index (χ3v) is 4.75. The second-order valence-electron chi connectivity index (χ2n) is 7.16. The van der Waals surface area contributed by atoms with Gasteiger partial charge in [-0.2, -0.15) is 0 Å². The van der Waals surface area contributed by atoms with Crippen LogP contribution in [0.15, 0.2) is 24.3 Å². The maximum Gasteiger partial charge on any atom is 0.303 e. The minimum absolute atomic E-state index is 0.243. The third-order valence-electron chi connectivity index (χ3n) is 4.75. The Morgan fingerprint density at radius 3 is 2.21 bits per heavy atom. The maximum absolute atomic E-state index is 10.6. The summed E-state index contributed by atoms with van der Waals surface area (Å²) >= 11 is 0. The summed E-state index contributed by atoms with van der Waals surface area (Å²) in [6, 6.07) is 8.69. The van der Waals surface area contributed by atoms with Gasteiger partial charge in [0.2, 0.25) is 0 Å². The highest BCUT2D eigenvalue weighted by molar-refractivity contribution is 5.66. The molecule has 0 aliphatic heterocycles. The van der Waals surface area contributed by atoms with Crippen molar-refractivity contribution in [1.82, 2.24) is 0 Å². The Kier molecular flexibility index (Phi) is 9.70. The first kappa shape index (κ1) is 20.7. The number of rotatable bonds is 12. The Morgan fingerprint density at radius 1 is 1.04 bits per heavy atom. The van der Waals surface area contributed by atoms with Crippen molar-refractivity contribution >= 4 is 5.97 Å². The number of aryl methyl sites for hydroxylation is 1. The van der Waals surface area contributed by atoms with Crippen molar-refractivity contribution in [1.29, 1.82) is 0 Å². The van der Waals surface area contributed by atoms with Gasteiger partial charge < -0.3 is 10.8 Å². The summed E-state index contributed by atoms with van der Waals surface area (Å²) in [6.07, 6.45) is 6.36. The van der Waals surface area contributed by atoms with Gasteiger partial charge in [0.25, 0.3) is 0 Å². The van der Waals surface area contributed by atoms with E-state index in [1.807, 2.05) is 0 Å². The minimum Gasteiger partial charge on any atom is -0.481 e. The molecule has 3 heteroatoms. The molecule has 0 heterocycles. The van der Waals surface area contributed by atoms with Gasteiger partial charge in [-0.3, -0.25) is 4.79 Å². The number of carboxylic acids is 1. The van der Waals surface area contributed by atoms with Crippen molar-refractivity contribution in [2.45, 2.75) is 65.7 Å². The number of aliphatic carboxylic acids is 1. The summed E-state index contributed by atoms with van der Waals surface area (Å²) in [4.78, 5) is 10.6. The normalized spacial score (nSPS) is 12.8. The topological polar surface area (TPSA) is 63.3 Å². The first-order valence-corrected chi connectivity index (χ1v) is 9.29. The number of hydrogen-bond donors (Lipinski definition) is 2. The second-order valence-corrected chi connectivity index (χ2v) is 7.16. The molecule has 1 radical (unpaired) electrons. The summed E-state index contributed by atoms with van der Waals surface area (Å²) < 4.78 is 0. The van der Waals surface area contributed by atoms with Crippen molar-refractivity contribution in [2.24, 2.45) is 17.6 Å². The molecule has 3 nitrogen and oxygen atoms in total. The van der Waals surface area contributed by atoms with Gasteiger partial charge in [0.15, 0.2) is 0 Å². The van der Waals surface area contributed by atoms with E-state index in [4.69, 9.17) is 10.8 Å². The molecule has 0 aliphatic rings. The molecule has 0 saturated heterocycles. The number of nitrogens with two attached hydrogens (primary N) is 1. The molecule has 0 aromatic heterocycles. The lowest BCUT2D eigenvalue weighted by Crippen LogP contribution is -2.18. The molecule has 3 N–H and O–H groups in total. The molecule has 1 aromatic rings. The molecule has 1 aromatic carbocycles. The molecule has 1 atom stereocenters. The van der Waals surface area contributed by atoms with E-state index in [0.717, 1.165) is 25.8 Å². The lowest BCUT2D eigenvalue weighted by atomic mass is 9.78. The van der Waals surface area contributed by atoms with Crippen molar-refractivity contribution in [2.75, 3.05) is 6.54 Å². The Balaban J connectivity index is 2.55. The van der Waals surface area contributed by atoms with E-state index in [1.165, 1.54) is 24.0 Å².